The number of hydrogen-bond acceptors (Lipinski definition) is 3. The van der Waals surface area contributed by atoms with E-state index in [1.807, 2.05) is 6.07 Å². The summed E-state index contributed by atoms with van der Waals surface area (Å²) in [5.41, 5.74) is 1.59. The van der Waals surface area contributed by atoms with Gasteiger partial charge in [-0.3, -0.25) is 14.4 Å². The van der Waals surface area contributed by atoms with Crippen LogP contribution in [0.1, 0.15) is 52.1 Å². The topological polar surface area (TPSA) is 95.5 Å². The highest BCUT2D eigenvalue weighted by molar-refractivity contribution is 5.98. The number of carboxylic acid groups (broad SMARTS) is 1. The van der Waals surface area contributed by atoms with Crippen LogP contribution in [-0.4, -0.2) is 28.9 Å². The average molecular weight is 366 g/mol. The summed E-state index contributed by atoms with van der Waals surface area (Å²) in [7, 11) is 0. The molecule has 0 saturated heterocycles. The number of carbonyl (C=O) groups excluding carboxylic acids is 2. The fraction of sp³-hybridized carbons (Fsp3) is 0.286. The molecular formula is C21H22N2O4. The highest BCUT2D eigenvalue weighted by Crippen LogP contribution is 2.23. The first-order chi connectivity index (χ1) is 13.0. The van der Waals surface area contributed by atoms with Crippen molar-refractivity contribution in [1.82, 2.24) is 10.6 Å². The van der Waals surface area contributed by atoms with Crippen LogP contribution in [0.4, 0.5) is 0 Å². The predicted octanol–water partition coefficient (Wildman–Crippen LogP) is 2.77. The van der Waals surface area contributed by atoms with Gasteiger partial charge in [0.1, 0.15) is 0 Å². The van der Waals surface area contributed by atoms with Crippen LogP contribution in [0.15, 0.2) is 54.6 Å². The van der Waals surface area contributed by atoms with Crippen LogP contribution in [0.2, 0.25) is 0 Å². The van der Waals surface area contributed by atoms with Gasteiger partial charge in [-0.15, -0.1) is 0 Å². The lowest BCUT2D eigenvalue weighted by Gasteiger charge is -2.23. The van der Waals surface area contributed by atoms with Crippen LogP contribution in [0.5, 0.6) is 0 Å². The lowest BCUT2D eigenvalue weighted by atomic mass is 9.94. The molecule has 6 heteroatoms. The summed E-state index contributed by atoms with van der Waals surface area (Å²) < 4.78 is 0. The summed E-state index contributed by atoms with van der Waals surface area (Å²) >= 11 is 0. The van der Waals surface area contributed by atoms with E-state index in [2.05, 4.69) is 10.6 Å². The standard InChI is InChI=1S/C21H22N2O4/c1-13(21(26)27)18(14-5-3-2-4-6-14)23-20(25)16-9-7-15(8-10-16)19(24)22-17-11-12-17/h2-10,13,17-18H,11-12H2,1H3,(H,22,24)(H,23,25)(H,26,27). The van der Waals surface area contributed by atoms with Crippen LogP contribution < -0.4 is 10.6 Å². The Labute approximate surface area is 157 Å². The molecule has 27 heavy (non-hydrogen) atoms. The maximum atomic E-state index is 12.6. The van der Waals surface area contributed by atoms with Crippen molar-refractivity contribution in [3.05, 3.63) is 71.3 Å². The minimum absolute atomic E-state index is 0.147. The van der Waals surface area contributed by atoms with Crippen LogP contribution in [-0.2, 0) is 4.79 Å². The van der Waals surface area contributed by atoms with Gasteiger partial charge < -0.3 is 15.7 Å². The van der Waals surface area contributed by atoms with E-state index in [9.17, 15) is 19.5 Å². The smallest absolute Gasteiger partial charge is 0.308 e. The first-order valence-electron chi connectivity index (χ1n) is 8.95. The molecule has 6 nitrogen and oxygen atoms in total. The zero-order valence-electron chi connectivity index (χ0n) is 15.0. The van der Waals surface area contributed by atoms with E-state index in [4.69, 9.17) is 0 Å². The monoisotopic (exact) mass is 366 g/mol. The van der Waals surface area contributed by atoms with Crippen LogP contribution in [0.3, 0.4) is 0 Å². The third-order valence-corrected chi connectivity index (χ3v) is 4.66. The molecule has 1 saturated carbocycles. The van der Waals surface area contributed by atoms with E-state index in [1.165, 1.54) is 0 Å². The van der Waals surface area contributed by atoms with Crippen molar-refractivity contribution in [2.75, 3.05) is 0 Å². The van der Waals surface area contributed by atoms with Gasteiger partial charge in [0, 0.05) is 17.2 Å². The van der Waals surface area contributed by atoms with Crippen LogP contribution in [0.25, 0.3) is 0 Å². The number of aliphatic carboxylic acids is 1. The Bertz CT molecular complexity index is 829. The third kappa shape index (κ3) is 4.73. The van der Waals surface area contributed by atoms with Crippen molar-refractivity contribution in [2.24, 2.45) is 5.92 Å². The number of carboxylic acids is 1. The maximum Gasteiger partial charge on any atom is 0.308 e. The van der Waals surface area contributed by atoms with Gasteiger partial charge in [0.25, 0.3) is 11.8 Å². The number of benzene rings is 2. The van der Waals surface area contributed by atoms with Gasteiger partial charge in [-0.25, -0.2) is 0 Å². The molecule has 0 radical (unpaired) electrons. The number of rotatable bonds is 7. The Morgan fingerprint density at radius 3 is 2.00 bits per heavy atom. The van der Waals surface area contributed by atoms with Crippen molar-refractivity contribution in [1.29, 1.82) is 0 Å². The molecule has 2 atom stereocenters. The van der Waals surface area contributed by atoms with Gasteiger partial charge >= 0.3 is 5.97 Å². The Balaban J connectivity index is 1.73. The quantitative estimate of drug-likeness (QED) is 0.702. The van der Waals surface area contributed by atoms with E-state index in [0.29, 0.717) is 11.1 Å². The lowest BCUT2D eigenvalue weighted by molar-refractivity contribution is -0.142. The molecule has 0 spiro atoms. The van der Waals surface area contributed by atoms with Crippen molar-refractivity contribution in [3.8, 4) is 0 Å². The largest absolute Gasteiger partial charge is 0.481 e. The Morgan fingerprint density at radius 1 is 0.926 bits per heavy atom. The van der Waals surface area contributed by atoms with Gasteiger partial charge in [-0.2, -0.15) is 0 Å². The molecule has 1 fully saturated rings. The molecule has 3 N–H and O–H groups in total. The highest BCUT2D eigenvalue weighted by atomic mass is 16.4. The second-order valence-electron chi connectivity index (χ2n) is 6.81. The Hall–Kier alpha value is -3.15. The molecule has 2 amide bonds. The number of nitrogens with one attached hydrogen (secondary N) is 2. The number of carbonyl (C=O) groups is 3. The minimum Gasteiger partial charge on any atom is -0.481 e. The zero-order chi connectivity index (χ0) is 19.4. The zero-order valence-corrected chi connectivity index (χ0v) is 15.0. The van der Waals surface area contributed by atoms with Crippen molar-refractivity contribution < 1.29 is 19.5 Å². The molecule has 1 aliphatic carbocycles. The molecule has 1 aliphatic rings. The van der Waals surface area contributed by atoms with E-state index in [0.717, 1.165) is 18.4 Å². The maximum absolute atomic E-state index is 12.6. The molecule has 3 rings (SSSR count). The van der Waals surface area contributed by atoms with Crippen LogP contribution in [0, 0.1) is 5.92 Å². The first kappa shape index (κ1) is 18.6. The van der Waals surface area contributed by atoms with E-state index < -0.39 is 17.9 Å². The second-order valence-corrected chi connectivity index (χ2v) is 6.81. The Morgan fingerprint density at radius 2 is 1.48 bits per heavy atom. The molecular weight excluding hydrogens is 344 g/mol. The highest BCUT2D eigenvalue weighted by Gasteiger charge is 2.27. The van der Waals surface area contributed by atoms with Crippen molar-refractivity contribution in [2.45, 2.75) is 31.8 Å². The molecule has 2 aromatic rings. The van der Waals surface area contributed by atoms with Crippen molar-refractivity contribution in [3.63, 3.8) is 0 Å². The number of hydrogen-bond donors (Lipinski definition) is 3. The number of amides is 2. The molecule has 0 aromatic heterocycles. The third-order valence-electron chi connectivity index (χ3n) is 4.66. The van der Waals surface area contributed by atoms with Gasteiger partial charge in [0.05, 0.1) is 12.0 Å². The van der Waals surface area contributed by atoms with Gasteiger partial charge in [-0.05, 0) is 49.6 Å². The van der Waals surface area contributed by atoms with Gasteiger partial charge in [-0.1, -0.05) is 30.3 Å². The predicted molar refractivity (Wildman–Crippen MR) is 100 cm³/mol. The summed E-state index contributed by atoms with van der Waals surface area (Å²) in [4.78, 5) is 36.1. The summed E-state index contributed by atoms with van der Waals surface area (Å²) in [6, 6.07) is 15.0. The molecule has 2 unspecified atom stereocenters. The van der Waals surface area contributed by atoms with E-state index in [-0.39, 0.29) is 17.9 Å². The first-order valence-corrected chi connectivity index (χ1v) is 8.95. The summed E-state index contributed by atoms with van der Waals surface area (Å²) in [6.45, 7) is 1.56. The molecule has 0 bridgehead atoms. The Kier molecular flexibility index (Phi) is 5.54. The SMILES string of the molecule is CC(C(=O)O)C(NC(=O)c1ccc(C(=O)NC2CC2)cc1)c1ccccc1. The fourth-order valence-corrected chi connectivity index (χ4v) is 2.79. The van der Waals surface area contributed by atoms with E-state index >= 15 is 0 Å². The normalized spacial score (nSPS) is 15.4. The average Bonchev–Trinajstić information content (AvgIpc) is 3.50. The minimum atomic E-state index is -0.990. The summed E-state index contributed by atoms with van der Waals surface area (Å²) in [6.07, 6.45) is 2.02. The molecule has 2 aromatic carbocycles. The van der Waals surface area contributed by atoms with Gasteiger partial charge in [0.2, 0.25) is 0 Å². The summed E-state index contributed by atoms with van der Waals surface area (Å²) in [5.74, 6) is -2.31. The van der Waals surface area contributed by atoms with Crippen molar-refractivity contribution >= 4 is 17.8 Å². The molecule has 0 heterocycles. The lowest BCUT2D eigenvalue weighted by Crippen LogP contribution is -2.35. The molecule has 0 aliphatic heterocycles. The molecule has 140 valence electrons. The van der Waals surface area contributed by atoms with E-state index in [1.54, 1.807) is 55.5 Å². The second kappa shape index (κ2) is 8.03. The van der Waals surface area contributed by atoms with Crippen LogP contribution >= 0.6 is 0 Å². The summed E-state index contributed by atoms with van der Waals surface area (Å²) in [5, 5.41) is 15.1. The fourth-order valence-electron chi connectivity index (χ4n) is 2.79. The van der Waals surface area contributed by atoms with Gasteiger partial charge in [0.15, 0.2) is 0 Å².